The van der Waals surface area contributed by atoms with Gasteiger partial charge in [-0.15, -0.1) is 0 Å². The first kappa shape index (κ1) is 18.1. The fraction of sp³-hybridized carbons (Fsp3) is 0.895. The molecule has 138 valence electrons. The molecule has 2 nitrogen and oxygen atoms in total. The lowest BCUT2D eigenvalue weighted by atomic mass is 9.50. The predicted molar refractivity (Wildman–Crippen MR) is 86.1 cm³/mol. The Kier molecular flexibility index (Phi) is 4.93. The Morgan fingerprint density at radius 3 is 1.71 bits per heavy atom. The van der Waals surface area contributed by atoms with Crippen LogP contribution < -0.4 is 0 Å². The van der Waals surface area contributed by atoms with Crippen LogP contribution in [0.15, 0.2) is 12.8 Å². The second kappa shape index (κ2) is 6.54. The Bertz CT molecular complexity index is 436. The topological polar surface area (TPSA) is 29.5 Å². The molecule has 0 spiro atoms. The molecule has 3 aliphatic rings. The molecule has 0 amide bonds. The van der Waals surface area contributed by atoms with Crippen LogP contribution in [0.3, 0.4) is 0 Å². The van der Waals surface area contributed by atoms with Gasteiger partial charge in [-0.1, -0.05) is 32.3 Å². The normalized spacial score (nSPS) is 42.4. The van der Waals surface area contributed by atoms with Crippen LogP contribution in [0.25, 0.3) is 0 Å². The van der Waals surface area contributed by atoms with Crippen molar-refractivity contribution in [3.63, 3.8) is 0 Å². The molecule has 24 heavy (non-hydrogen) atoms. The minimum absolute atomic E-state index is 0.0293. The van der Waals surface area contributed by atoms with E-state index >= 15 is 0 Å². The fourth-order valence-electron chi connectivity index (χ4n) is 6.05. The zero-order valence-electron chi connectivity index (χ0n) is 14.4. The molecular weight excluding hydrogens is 317 g/mol. The lowest BCUT2D eigenvalue weighted by Gasteiger charge is -2.58. The number of fused-ring (bicyclic) bond motifs is 2. The maximum absolute atomic E-state index is 13.7. The molecule has 3 fully saturated rings. The third kappa shape index (κ3) is 2.87. The molecule has 0 aromatic carbocycles. The number of alkyl halides is 3. The van der Waals surface area contributed by atoms with Crippen LogP contribution in [0.1, 0.15) is 58.3 Å². The SMILES string of the molecule is C=COC1C2CCCCC2C(C(C)(O)C(F)(F)F)C2CCCCC21. The van der Waals surface area contributed by atoms with Crippen molar-refractivity contribution in [2.24, 2.45) is 29.6 Å². The van der Waals surface area contributed by atoms with Crippen molar-refractivity contribution in [3.05, 3.63) is 12.8 Å². The van der Waals surface area contributed by atoms with Crippen LogP contribution >= 0.6 is 0 Å². The summed E-state index contributed by atoms with van der Waals surface area (Å²) >= 11 is 0. The Balaban J connectivity index is 2.01. The van der Waals surface area contributed by atoms with Crippen LogP contribution in [0.5, 0.6) is 0 Å². The van der Waals surface area contributed by atoms with Gasteiger partial charge >= 0.3 is 6.18 Å². The average molecular weight is 346 g/mol. The van der Waals surface area contributed by atoms with Crippen molar-refractivity contribution in [2.45, 2.75) is 76.2 Å². The molecule has 3 aliphatic carbocycles. The molecule has 0 bridgehead atoms. The summed E-state index contributed by atoms with van der Waals surface area (Å²) in [7, 11) is 0. The highest BCUT2D eigenvalue weighted by atomic mass is 19.4. The predicted octanol–water partition coefficient (Wildman–Crippen LogP) is 5.07. The summed E-state index contributed by atoms with van der Waals surface area (Å²) in [4.78, 5) is 0. The van der Waals surface area contributed by atoms with E-state index in [4.69, 9.17) is 4.74 Å². The molecular formula is C19H29F3O2. The van der Waals surface area contributed by atoms with E-state index in [-0.39, 0.29) is 29.8 Å². The second-order valence-corrected chi connectivity index (χ2v) is 8.16. The maximum atomic E-state index is 13.7. The summed E-state index contributed by atoms with van der Waals surface area (Å²) < 4.78 is 46.9. The van der Waals surface area contributed by atoms with Crippen LogP contribution in [-0.2, 0) is 4.74 Å². The molecule has 5 atom stereocenters. The smallest absolute Gasteiger partial charge is 0.417 e. The minimum Gasteiger partial charge on any atom is -0.498 e. The van der Waals surface area contributed by atoms with Crippen molar-refractivity contribution >= 4 is 0 Å². The largest absolute Gasteiger partial charge is 0.498 e. The molecule has 0 radical (unpaired) electrons. The van der Waals surface area contributed by atoms with Crippen molar-refractivity contribution in [1.82, 2.24) is 0 Å². The Morgan fingerprint density at radius 2 is 1.33 bits per heavy atom. The van der Waals surface area contributed by atoms with Gasteiger partial charge < -0.3 is 9.84 Å². The van der Waals surface area contributed by atoms with Gasteiger partial charge in [-0.25, -0.2) is 0 Å². The first-order valence-corrected chi connectivity index (χ1v) is 9.34. The van der Waals surface area contributed by atoms with E-state index in [1.165, 1.54) is 6.26 Å². The Labute approximate surface area is 142 Å². The minimum atomic E-state index is -4.59. The summed E-state index contributed by atoms with van der Waals surface area (Å²) in [6, 6.07) is 0. The first-order valence-electron chi connectivity index (χ1n) is 9.34. The third-order valence-electron chi connectivity index (χ3n) is 6.99. The summed E-state index contributed by atoms with van der Waals surface area (Å²) in [5.41, 5.74) is -2.62. The molecule has 3 rings (SSSR count). The van der Waals surface area contributed by atoms with Gasteiger partial charge in [0.15, 0.2) is 5.60 Å². The molecule has 0 aromatic rings. The van der Waals surface area contributed by atoms with E-state index in [0.29, 0.717) is 0 Å². The first-order chi connectivity index (χ1) is 11.3. The number of hydrogen-bond acceptors (Lipinski definition) is 2. The maximum Gasteiger partial charge on any atom is 0.417 e. The highest BCUT2D eigenvalue weighted by Crippen LogP contribution is 2.59. The number of aliphatic hydroxyl groups is 1. The van der Waals surface area contributed by atoms with Gasteiger partial charge in [-0.05, 0) is 56.3 Å². The van der Waals surface area contributed by atoms with Gasteiger partial charge in [0.05, 0.1) is 6.26 Å². The van der Waals surface area contributed by atoms with Gasteiger partial charge in [0.2, 0.25) is 0 Å². The molecule has 5 heteroatoms. The van der Waals surface area contributed by atoms with Gasteiger partial charge in [0.1, 0.15) is 6.10 Å². The van der Waals surface area contributed by atoms with Gasteiger partial charge in [0, 0.05) is 5.92 Å². The summed E-state index contributed by atoms with van der Waals surface area (Å²) in [5, 5.41) is 10.6. The van der Waals surface area contributed by atoms with E-state index in [1.807, 2.05) is 0 Å². The van der Waals surface area contributed by atoms with Gasteiger partial charge in [-0.3, -0.25) is 0 Å². The zero-order valence-corrected chi connectivity index (χ0v) is 14.4. The lowest BCUT2D eigenvalue weighted by molar-refractivity contribution is -0.302. The number of halogens is 3. The van der Waals surface area contributed by atoms with E-state index in [1.54, 1.807) is 0 Å². The van der Waals surface area contributed by atoms with E-state index in [0.717, 1.165) is 58.3 Å². The average Bonchev–Trinajstić information content (AvgIpc) is 2.53. The van der Waals surface area contributed by atoms with Crippen LogP contribution in [0.4, 0.5) is 13.2 Å². The van der Waals surface area contributed by atoms with E-state index in [9.17, 15) is 18.3 Å². The monoisotopic (exact) mass is 346 g/mol. The zero-order chi connectivity index (χ0) is 17.5. The highest BCUT2D eigenvalue weighted by molar-refractivity contribution is 5.07. The van der Waals surface area contributed by atoms with Crippen molar-refractivity contribution in [3.8, 4) is 0 Å². The van der Waals surface area contributed by atoms with Crippen LogP contribution in [0.2, 0.25) is 0 Å². The van der Waals surface area contributed by atoms with Gasteiger partial charge in [-0.2, -0.15) is 13.2 Å². The van der Waals surface area contributed by atoms with Crippen LogP contribution in [-0.4, -0.2) is 23.0 Å². The molecule has 0 heterocycles. The molecule has 0 aliphatic heterocycles. The van der Waals surface area contributed by atoms with E-state index in [2.05, 4.69) is 6.58 Å². The summed E-state index contributed by atoms with van der Waals surface area (Å²) in [6.07, 6.45) is 4.15. The van der Waals surface area contributed by atoms with Crippen molar-refractivity contribution in [2.75, 3.05) is 0 Å². The highest BCUT2D eigenvalue weighted by Gasteiger charge is 2.64. The third-order valence-corrected chi connectivity index (χ3v) is 6.99. The molecule has 1 N–H and O–H groups in total. The van der Waals surface area contributed by atoms with Crippen molar-refractivity contribution < 1.29 is 23.0 Å². The molecule has 3 saturated carbocycles. The van der Waals surface area contributed by atoms with Crippen molar-refractivity contribution in [1.29, 1.82) is 0 Å². The van der Waals surface area contributed by atoms with Crippen LogP contribution in [0, 0.1) is 29.6 Å². The number of rotatable bonds is 3. The Hall–Kier alpha value is -0.710. The number of hydrogen-bond donors (Lipinski definition) is 1. The number of ether oxygens (including phenoxy) is 1. The molecule has 5 unspecified atom stereocenters. The summed E-state index contributed by atoms with van der Waals surface area (Å²) in [5.74, 6) is -0.720. The Morgan fingerprint density at radius 1 is 0.917 bits per heavy atom. The second-order valence-electron chi connectivity index (χ2n) is 8.16. The summed E-state index contributed by atoms with van der Waals surface area (Å²) in [6.45, 7) is 4.69. The lowest BCUT2D eigenvalue weighted by Crippen LogP contribution is -2.62. The van der Waals surface area contributed by atoms with E-state index < -0.39 is 17.7 Å². The quantitative estimate of drug-likeness (QED) is 0.723. The molecule has 0 aromatic heterocycles. The fourth-order valence-corrected chi connectivity index (χ4v) is 6.05. The molecule has 0 saturated heterocycles. The standard InChI is InChI=1S/C19H29F3O2/c1-3-24-17-14-10-6-4-8-12(14)16(18(2,23)19(20,21)22)13-9-5-7-11-15(13)17/h3,12-17,23H,1,4-11H2,2H3. The van der Waals surface area contributed by atoms with Gasteiger partial charge in [0.25, 0.3) is 0 Å².